The largest absolute Gasteiger partial charge is 0.497 e. The molecule has 1 N–H and O–H groups in total. The third kappa shape index (κ3) is 4.53. The second-order valence-electron chi connectivity index (χ2n) is 7.81. The van der Waals surface area contributed by atoms with Gasteiger partial charge in [-0.3, -0.25) is 9.69 Å². The lowest BCUT2D eigenvalue weighted by atomic mass is 10.0. The number of likely N-dealkylation sites (tertiary alicyclic amines) is 1. The molecule has 0 bridgehead atoms. The van der Waals surface area contributed by atoms with Crippen molar-refractivity contribution in [3.8, 4) is 5.75 Å². The summed E-state index contributed by atoms with van der Waals surface area (Å²) in [6, 6.07) is 12.1. The summed E-state index contributed by atoms with van der Waals surface area (Å²) in [4.78, 5) is 22.2. The number of aromatic nitrogens is 1. The van der Waals surface area contributed by atoms with Crippen LogP contribution in [-0.2, 0) is 0 Å². The van der Waals surface area contributed by atoms with E-state index >= 15 is 0 Å². The van der Waals surface area contributed by atoms with Gasteiger partial charge in [-0.05, 0) is 68.6 Å². The molecule has 1 amide bonds. The molecule has 0 unspecified atom stereocenters. The van der Waals surface area contributed by atoms with E-state index in [0.717, 1.165) is 50.6 Å². The number of nitrogens with zero attached hydrogens (tertiary/aromatic N) is 3. The van der Waals surface area contributed by atoms with Crippen LogP contribution in [-0.4, -0.2) is 55.6 Å². The maximum atomic E-state index is 13.1. The maximum absolute atomic E-state index is 13.1. The minimum absolute atomic E-state index is 0.0438. The molecule has 3 heterocycles. The van der Waals surface area contributed by atoms with Gasteiger partial charge in [-0.25, -0.2) is 4.98 Å². The average Bonchev–Trinajstić information content (AvgIpc) is 3.49. The van der Waals surface area contributed by atoms with E-state index < -0.39 is 0 Å². The first kappa shape index (κ1) is 19.7. The van der Waals surface area contributed by atoms with E-state index in [1.54, 1.807) is 13.3 Å². The highest BCUT2D eigenvalue weighted by molar-refractivity contribution is 5.98. The number of carbonyl (C=O) groups is 1. The zero-order valence-electron chi connectivity index (χ0n) is 17.1. The monoisotopic (exact) mass is 394 g/mol. The molecule has 1 aromatic carbocycles. The Morgan fingerprint density at radius 3 is 2.45 bits per heavy atom. The van der Waals surface area contributed by atoms with E-state index in [2.05, 4.69) is 32.2 Å². The number of ether oxygens (including phenoxy) is 1. The van der Waals surface area contributed by atoms with Crippen LogP contribution in [0.2, 0.25) is 0 Å². The fraction of sp³-hybridized carbons (Fsp3) is 0.478. The SMILES string of the molecule is COc1ccc([C@H](CNC(=O)c2cccnc2N2CCCC2)N2CCCC2)cc1. The average molecular weight is 395 g/mol. The van der Waals surface area contributed by atoms with Gasteiger partial charge >= 0.3 is 0 Å². The van der Waals surface area contributed by atoms with Crippen molar-refractivity contribution >= 4 is 11.7 Å². The van der Waals surface area contributed by atoms with Gasteiger partial charge in [0.15, 0.2) is 0 Å². The van der Waals surface area contributed by atoms with Crippen LogP contribution in [0.1, 0.15) is 47.6 Å². The number of benzene rings is 1. The Morgan fingerprint density at radius 1 is 1.07 bits per heavy atom. The fourth-order valence-corrected chi connectivity index (χ4v) is 4.38. The van der Waals surface area contributed by atoms with Crippen molar-refractivity contribution in [3.05, 3.63) is 53.7 Å². The number of amides is 1. The van der Waals surface area contributed by atoms with Crippen molar-refractivity contribution in [1.29, 1.82) is 0 Å². The molecule has 6 nitrogen and oxygen atoms in total. The van der Waals surface area contributed by atoms with E-state index in [-0.39, 0.29) is 11.9 Å². The molecule has 0 aliphatic carbocycles. The van der Waals surface area contributed by atoms with Crippen LogP contribution in [0, 0.1) is 0 Å². The minimum Gasteiger partial charge on any atom is -0.497 e. The van der Waals surface area contributed by atoms with Gasteiger partial charge in [0.2, 0.25) is 0 Å². The molecule has 2 fully saturated rings. The standard InChI is InChI=1S/C23H30N4O2/c1-29-19-10-8-18(9-11-19)21(26-13-2-3-14-26)17-25-23(28)20-7-6-12-24-22(20)27-15-4-5-16-27/h6-12,21H,2-5,13-17H2,1H3,(H,25,28)/t21-/m0/s1. The minimum atomic E-state index is -0.0438. The summed E-state index contributed by atoms with van der Waals surface area (Å²) in [5.41, 5.74) is 1.88. The Balaban J connectivity index is 1.49. The second-order valence-corrected chi connectivity index (χ2v) is 7.81. The fourth-order valence-electron chi connectivity index (χ4n) is 4.38. The van der Waals surface area contributed by atoms with Gasteiger partial charge < -0.3 is 15.0 Å². The molecule has 0 radical (unpaired) electrons. The van der Waals surface area contributed by atoms with Crippen LogP contribution in [0.5, 0.6) is 5.75 Å². The quantitative estimate of drug-likeness (QED) is 0.781. The van der Waals surface area contributed by atoms with Crippen molar-refractivity contribution in [2.24, 2.45) is 0 Å². The number of rotatable bonds is 7. The highest BCUT2D eigenvalue weighted by atomic mass is 16.5. The molecular weight excluding hydrogens is 364 g/mol. The number of hydrogen-bond acceptors (Lipinski definition) is 5. The van der Waals surface area contributed by atoms with Crippen LogP contribution in [0.3, 0.4) is 0 Å². The lowest BCUT2D eigenvalue weighted by Crippen LogP contribution is -2.37. The van der Waals surface area contributed by atoms with Gasteiger partial charge in [0.1, 0.15) is 11.6 Å². The molecule has 2 saturated heterocycles. The summed E-state index contributed by atoms with van der Waals surface area (Å²) in [6.45, 7) is 4.66. The first-order chi connectivity index (χ1) is 14.3. The van der Waals surface area contributed by atoms with Gasteiger partial charge in [0, 0.05) is 25.8 Å². The van der Waals surface area contributed by atoms with E-state index in [1.165, 1.54) is 18.4 Å². The zero-order valence-corrected chi connectivity index (χ0v) is 17.1. The van der Waals surface area contributed by atoms with E-state index in [0.29, 0.717) is 12.1 Å². The smallest absolute Gasteiger partial charge is 0.255 e. The Morgan fingerprint density at radius 2 is 1.76 bits per heavy atom. The maximum Gasteiger partial charge on any atom is 0.255 e. The van der Waals surface area contributed by atoms with Gasteiger partial charge in [-0.15, -0.1) is 0 Å². The molecule has 2 aliphatic rings. The van der Waals surface area contributed by atoms with E-state index in [4.69, 9.17) is 4.74 Å². The predicted octanol–water partition coefficient (Wildman–Crippen LogP) is 3.26. The summed E-state index contributed by atoms with van der Waals surface area (Å²) in [5.74, 6) is 1.62. The zero-order chi connectivity index (χ0) is 20.1. The molecule has 4 rings (SSSR count). The summed E-state index contributed by atoms with van der Waals surface area (Å²) in [7, 11) is 1.68. The first-order valence-electron chi connectivity index (χ1n) is 10.6. The van der Waals surface area contributed by atoms with Crippen molar-refractivity contribution < 1.29 is 9.53 Å². The normalized spacial score (nSPS) is 18.0. The number of hydrogen-bond donors (Lipinski definition) is 1. The van der Waals surface area contributed by atoms with Crippen LogP contribution in [0.25, 0.3) is 0 Å². The van der Waals surface area contributed by atoms with Crippen LogP contribution in [0.4, 0.5) is 5.82 Å². The summed E-state index contributed by atoms with van der Waals surface area (Å²) >= 11 is 0. The third-order valence-corrected chi connectivity index (χ3v) is 5.97. The summed E-state index contributed by atoms with van der Waals surface area (Å²) in [6.07, 6.45) is 6.51. The van der Waals surface area contributed by atoms with Gasteiger partial charge in [0.05, 0.1) is 18.7 Å². The Bertz CT molecular complexity index is 812. The van der Waals surface area contributed by atoms with Crippen LogP contribution >= 0.6 is 0 Å². The third-order valence-electron chi connectivity index (χ3n) is 5.97. The topological polar surface area (TPSA) is 57.7 Å². The molecule has 29 heavy (non-hydrogen) atoms. The molecule has 2 aromatic rings. The van der Waals surface area contributed by atoms with Crippen molar-refractivity contribution in [1.82, 2.24) is 15.2 Å². The van der Waals surface area contributed by atoms with Crippen LogP contribution < -0.4 is 15.0 Å². The number of carbonyl (C=O) groups excluding carboxylic acids is 1. The van der Waals surface area contributed by atoms with Crippen molar-refractivity contribution in [2.45, 2.75) is 31.7 Å². The van der Waals surface area contributed by atoms with Gasteiger partial charge in [-0.2, -0.15) is 0 Å². The highest BCUT2D eigenvalue weighted by Gasteiger charge is 2.25. The molecule has 6 heteroatoms. The predicted molar refractivity (Wildman–Crippen MR) is 115 cm³/mol. The van der Waals surface area contributed by atoms with Crippen LogP contribution in [0.15, 0.2) is 42.6 Å². The van der Waals surface area contributed by atoms with Gasteiger partial charge in [-0.1, -0.05) is 12.1 Å². The van der Waals surface area contributed by atoms with E-state index in [1.807, 2.05) is 24.3 Å². The lowest BCUT2D eigenvalue weighted by Gasteiger charge is -2.28. The number of anilines is 1. The molecule has 154 valence electrons. The molecule has 0 saturated carbocycles. The number of pyridine rings is 1. The van der Waals surface area contributed by atoms with Crippen molar-refractivity contribution in [3.63, 3.8) is 0 Å². The molecule has 2 aliphatic heterocycles. The lowest BCUT2D eigenvalue weighted by molar-refractivity contribution is 0.0938. The number of methoxy groups -OCH3 is 1. The molecule has 1 atom stereocenters. The molecule has 0 spiro atoms. The molecule has 1 aromatic heterocycles. The second kappa shape index (κ2) is 9.27. The Labute approximate surface area is 172 Å². The first-order valence-corrected chi connectivity index (χ1v) is 10.6. The highest BCUT2D eigenvalue weighted by Crippen LogP contribution is 2.27. The Kier molecular flexibility index (Phi) is 6.30. The van der Waals surface area contributed by atoms with Gasteiger partial charge in [0.25, 0.3) is 5.91 Å². The van der Waals surface area contributed by atoms with Crippen molar-refractivity contribution in [2.75, 3.05) is 44.7 Å². The number of nitrogens with one attached hydrogen (secondary N) is 1. The summed E-state index contributed by atoms with van der Waals surface area (Å²) in [5, 5.41) is 3.19. The van der Waals surface area contributed by atoms with E-state index in [9.17, 15) is 4.79 Å². The Hall–Kier alpha value is -2.60. The summed E-state index contributed by atoms with van der Waals surface area (Å²) < 4.78 is 5.30. The molecular formula is C23H30N4O2.